The van der Waals surface area contributed by atoms with Crippen molar-refractivity contribution in [2.75, 3.05) is 7.11 Å². The van der Waals surface area contributed by atoms with E-state index in [2.05, 4.69) is 4.98 Å². The molecule has 1 aromatic heterocycles. The molecule has 21 heavy (non-hydrogen) atoms. The normalized spacial score (nSPS) is 23.9. The highest BCUT2D eigenvalue weighted by Crippen LogP contribution is 2.35. The highest BCUT2D eigenvalue weighted by Gasteiger charge is 2.39. The fourth-order valence-electron chi connectivity index (χ4n) is 2.99. The summed E-state index contributed by atoms with van der Waals surface area (Å²) in [5.74, 6) is 0.728. The van der Waals surface area contributed by atoms with E-state index in [9.17, 15) is 4.79 Å². The Morgan fingerprint density at radius 1 is 1.38 bits per heavy atom. The number of amides is 1. The molecule has 2 N–H and O–H groups in total. The van der Waals surface area contributed by atoms with E-state index in [4.69, 9.17) is 10.5 Å². The van der Waals surface area contributed by atoms with E-state index >= 15 is 0 Å². The van der Waals surface area contributed by atoms with Crippen LogP contribution in [0.3, 0.4) is 0 Å². The smallest absolute Gasteiger partial charge is 0.223 e. The van der Waals surface area contributed by atoms with Gasteiger partial charge in [-0.3, -0.25) is 4.79 Å². The molecule has 2 rings (SSSR count). The van der Waals surface area contributed by atoms with Crippen LogP contribution in [-0.4, -0.2) is 34.5 Å². The second kappa shape index (κ2) is 6.02. The van der Waals surface area contributed by atoms with Gasteiger partial charge in [-0.15, -0.1) is 0 Å². The summed E-state index contributed by atoms with van der Waals surface area (Å²) < 4.78 is 5.10. The third-order valence-corrected chi connectivity index (χ3v) is 3.91. The van der Waals surface area contributed by atoms with Crippen LogP contribution in [0.2, 0.25) is 0 Å². The van der Waals surface area contributed by atoms with Gasteiger partial charge in [0.25, 0.3) is 0 Å². The number of likely N-dealkylation sites (tertiary alicyclic amines) is 1. The SMILES string of the molecule is COc1ccc(C2C(N)CCCC(=O)N2C(C)(C)C)cn1. The summed E-state index contributed by atoms with van der Waals surface area (Å²) in [5.41, 5.74) is 7.07. The molecule has 1 saturated heterocycles. The maximum absolute atomic E-state index is 12.5. The van der Waals surface area contributed by atoms with Gasteiger partial charge in [-0.2, -0.15) is 0 Å². The number of nitrogens with zero attached hydrogens (tertiary/aromatic N) is 2. The van der Waals surface area contributed by atoms with E-state index in [1.54, 1.807) is 13.3 Å². The second-order valence-corrected chi connectivity index (χ2v) is 6.57. The Balaban J connectivity index is 2.43. The Morgan fingerprint density at radius 3 is 2.62 bits per heavy atom. The van der Waals surface area contributed by atoms with E-state index in [0.717, 1.165) is 18.4 Å². The van der Waals surface area contributed by atoms with E-state index in [1.807, 2.05) is 37.8 Å². The molecule has 0 radical (unpaired) electrons. The van der Waals surface area contributed by atoms with Crippen molar-refractivity contribution in [1.82, 2.24) is 9.88 Å². The Labute approximate surface area is 126 Å². The lowest BCUT2D eigenvalue weighted by Gasteiger charge is -2.43. The Morgan fingerprint density at radius 2 is 2.10 bits per heavy atom. The Bertz CT molecular complexity index is 493. The molecule has 0 saturated carbocycles. The van der Waals surface area contributed by atoms with Crippen molar-refractivity contribution in [2.24, 2.45) is 5.73 Å². The van der Waals surface area contributed by atoms with Crippen LogP contribution in [0.5, 0.6) is 5.88 Å². The molecule has 1 aromatic rings. The highest BCUT2D eigenvalue weighted by molar-refractivity contribution is 5.78. The van der Waals surface area contributed by atoms with Crippen molar-refractivity contribution >= 4 is 5.91 Å². The average Bonchev–Trinajstić information content (AvgIpc) is 2.57. The second-order valence-electron chi connectivity index (χ2n) is 6.57. The van der Waals surface area contributed by atoms with Crippen LogP contribution < -0.4 is 10.5 Å². The number of methoxy groups -OCH3 is 1. The van der Waals surface area contributed by atoms with Gasteiger partial charge >= 0.3 is 0 Å². The minimum Gasteiger partial charge on any atom is -0.481 e. The van der Waals surface area contributed by atoms with Gasteiger partial charge in [-0.05, 0) is 45.2 Å². The summed E-state index contributed by atoms with van der Waals surface area (Å²) in [6.07, 6.45) is 4.01. The van der Waals surface area contributed by atoms with Gasteiger partial charge in [0.1, 0.15) is 0 Å². The van der Waals surface area contributed by atoms with Gasteiger partial charge in [0.2, 0.25) is 11.8 Å². The maximum Gasteiger partial charge on any atom is 0.223 e. The Kier molecular flexibility index (Phi) is 4.52. The maximum atomic E-state index is 12.5. The van der Waals surface area contributed by atoms with Crippen molar-refractivity contribution in [3.63, 3.8) is 0 Å². The highest BCUT2D eigenvalue weighted by atomic mass is 16.5. The van der Waals surface area contributed by atoms with Crippen LogP contribution in [0.1, 0.15) is 51.6 Å². The third kappa shape index (κ3) is 3.35. The number of ether oxygens (including phenoxy) is 1. The molecule has 0 aromatic carbocycles. The summed E-state index contributed by atoms with van der Waals surface area (Å²) in [6, 6.07) is 3.55. The number of rotatable bonds is 2. The molecular formula is C16H25N3O2. The standard InChI is InChI=1S/C16H25N3O2/c1-16(2,3)19-14(20)7-5-6-12(17)15(19)11-8-9-13(21-4)18-10-11/h8-10,12,15H,5-7,17H2,1-4H3. The van der Waals surface area contributed by atoms with Gasteiger partial charge in [0, 0.05) is 30.3 Å². The molecule has 5 heteroatoms. The largest absolute Gasteiger partial charge is 0.481 e. The number of carbonyl (C=O) groups is 1. The fraction of sp³-hybridized carbons (Fsp3) is 0.625. The first kappa shape index (κ1) is 15.8. The molecule has 116 valence electrons. The van der Waals surface area contributed by atoms with Crippen molar-refractivity contribution in [3.05, 3.63) is 23.9 Å². The first-order valence-electron chi connectivity index (χ1n) is 7.42. The zero-order chi connectivity index (χ0) is 15.6. The lowest BCUT2D eigenvalue weighted by atomic mass is 9.93. The number of hydrogen-bond acceptors (Lipinski definition) is 4. The quantitative estimate of drug-likeness (QED) is 0.907. The van der Waals surface area contributed by atoms with Gasteiger partial charge < -0.3 is 15.4 Å². The van der Waals surface area contributed by atoms with Crippen LogP contribution in [0.4, 0.5) is 0 Å². The van der Waals surface area contributed by atoms with E-state index in [-0.39, 0.29) is 23.5 Å². The summed E-state index contributed by atoms with van der Waals surface area (Å²) in [5, 5.41) is 0. The van der Waals surface area contributed by atoms with Crippen LogP contribution in [0.25, 0.3) is 0 Å². The first-order valence-corrected chi connectivity index (χ1v) is 7.42. The number of aromatic nitrogens is 1. The molecule has 0 aliphatic carbocycles. The third-order valence-electron chi connectivity index (χ3n) is 3.91. The lowest BCUT2D eigenvalue weighted by molar-refractivity contribution is -0.139. The Hall–Kier alpha value is -1.62. The molecule has 1 fully saturated rings. The zero-order valence-corrected chi connectivity index (χ0v) is 13.3. The molecule has 0 bridgehead atoms. The van der Waals surface area contributed by atoms with E-state index in [1.165, 1.54) is 0 Å². The minimum atomic E-state index is -0.274. The van der Waals surface area contributed by atoms with Gasteiger partial charge in [0.15, 0.2) is 0 Å². The monoisotopic (exact) mass is 291 g/mol. The topological polar surface area (TPSA) is 68.5 Å². The predicted molar refractivity (Wildman–Crippen MR) is 82.0 cm³/mol. The lowest BCUT2D eigenvalue weighted by Crippen LogP contribution is -2.51. The van der Waals surface area contributed by atoms with Crippen LogP contribution in [0.15, 0.2) is 18.3 Å². The van der Waals surface area contributed by atoms with Crippen LogP contribution in [-0.2, 0) is 4.79 Å². The molecule has 1 aliphatic heterocycles. The fourth-order valence-corrected chi connectivity index (χ4v) is 2.99. The number of nitrogens with two attached hydrogens (primary N) is 1. The molecule has 2 atom stereocenters. The first-order chi connectivity index (χ1) is 9.84. The van der Waals surface area contributed by atoms with Crippen molar-refractivity contribution in [3.8, 4) is 5.88 Å². The van der Waals surface area contributed by atoms with Gasteiger partial charge in [-0.25, -0.2) is 4.98 Å². The van der Waals surface area contributed by atoms with Gasteiger partial charge in [0.05, 0.1) is 13.2 Å². The van der Waals surface area contributed by atoms with E-state index in [0.29, 0.717) is 12.3 Å². The van der Waals surface area contributed by atoms with Crippen molar-refractivity contribution in [1.29, 1.82) is 0 Å². The van der Waals surface area contributed by atoms with Gasteiger partial charge in [-0.1, -0.05) is 0 Å². The van der Waals surface area contributed by atoms with Crippen molar-refractivity contribution in [2.45, 2.75) is 57.7 Å². The summed E-state index contributed by atoms with van der Waals surface area (Å²) >= 11 is 0. The molecule has 5 nitrogen and oxygen atoms in total. The summed E-state index contributed by atoms with van der Waals surface area (Å²) in [6.45, 7) is 6.15. The molecule has 2 unspecified atom stereocenters. The van der Waals surface area contributed by atoms with Crippen molar-refractivity contribution < 1.29 is 9.53 Å². The molecular weight excluding hydrogens is 266 g/mol. The summed E-state index contributed by atoms with van der Waals surface area (Å²) in [7, 11) is 1.59. The predicted octanol–water partition coefficient (Wildman–Crippen LogP) is 2.27. The van der Waals surface area contributed by atoms with Crippen LogP contribution in [0, 0.1) is 0 Å². The van der Waals surface area contributed by atoms with Crippen LogP contribution >= 0.6 is 0 Å². The zero-order valence-electron chi connectivity index (χ0n) is 13.3. The molecule has 1 aliphatic rings. The summed E-state index contributed by atoms with van der Waals surface area (Å²) in [4.78, 5) is 18.7. The molecule has 0 spiro atoms. The number of pyridine rings is 1. The number of hydrogen-bond donors (Lipinski definition) is 1. The minimum absolute atomic E-state index is 0.0779. The van der Waals surface area contributed by atoms with E-state index < -0.39 is 0 Å². The number of carbonyl (C=O) groups excluding carboxylic acids is 1. The molecule has 2 heterocycles. The average molecular weight is 291 g/mol. The molecule has 1 amide bonds.